The van der Waals surface area contributed by atoms with Crippen molar-refractivity contribution in [3.8, 4) is 78.4 Å². The minimum absolute atomic E-state index is 0.528. The average molecular weight is 789 g/mol. The van der Waals surface area contributed by atoms with Crippen molar-refractivity contribution in [3.05, 3.63) is 241 Å². The van der Waals surface area contributed by atoms with Crippen LogP contribution in [0.25, 0.3) is 100 Å². The van der Waals surface area contributed by atoms with Crippen molar-refractivity contribution in [2.45, 2.75) is 5.41 Å². The largest absolute Gasteiger partial charge is 0.456 e. The Balaban J connectivity index is 1.10. The van der Waals surface area contributed by atoms with Crippen LogP contribution in [0.1, 0.15) is 22.3 Å². The molecule has 2 aliphatic carbocycles. The van der Waals surface area contributed by atoms with Crippen molar-refractivity contribution in [2.24, 2.45) is 0 Å². The van der Waals surface area contributed by atoms with Gasteiger partial charge in [0.1, 0.15) is 11.2 Å². The van der Waals surface area contributed by atoms with Crippen LogP contribution in [0.15, 0.2) is 223 Å². The summed E-state index contributed by atoms with van der Waals surface area (Å²) in [7, 11) is 0. The quantitative estimate of drug-likeness (QED) is 0.174. The average Bonchev–Trinajstić information content (AvgIpc) is 3.99. The molecule has 0 N–H and O–H groups in total. The molecule has 1 spiro atoms. The highest BCUT2D eigenvalue weighted by atomic mass is 16.3. The van der Waals surface area contributed by atoms with Gasteiger partial charge in [-0.15, -0.1) is 0 Å². The Kier molecular flexibility index (Phi) is 7.52. The third kappa shape index (κ3) is 5.00. The summed E-state index contributed by atoms with van der Waals surface area (Å²) >= 11 is 0. The van der Waals surface area contributed by atoms with Gasteiger partial charge in [-0.25, -0.2) is 9.97 Å². The molecule has 3 nitrogen and oxygen atoms in total. The van der Waals surface area contributed by atoms with Gasteiger partial charge in [0.2, 0.25) is 0 Å². The van der Waals surface area contributed by atoms with Crippen LogP contribution >= 0.6 is 0 Å². The Morgan fingerprint density at radius 3 is 1.55 bits per heavy atom. The normalized spacial score (nSPS) is 13.0. The fourth-order valence-corrected chi connectivity index (χ4v) is 10.6. The fraction of sp³-hybridized carbons (Fsp3) is 0.0169. The molecule has 0 unspecified atom stereocenters. The van der Waals surface area contributed by atoms with E-state index < -0.39 is 5.41 Å². The van der Waals surface area contributed by atoms with Crippen molar-refractivity contribution < 1.29 is 4.42 Å². The maximum absolute atomic E-state index is 6.40. The summed E-state index contributed by atoms with van der Waals surface area (Å²) in [5, 5.41) is 2.21. The molecule has 0 saturated carbocycles. The highest BCUT2D eigenvalue weighted by molar-refractivity contribution is 6.12. The Bertz CT molecular complexity index is 3520. The van der Waals surface area contributed by atoms with Gasteiger partial charge in [0.15, 0.2) is 5.82 Å². The van der Waals surface area contributed by atoms with Crippen LogP contribution in [0.4, 0.5) is 0 Å². The van der Waals surface area contributed by atoms with Crippen LogP contribution in [0, 0.1) is 0 Å². The van der Waals surface area contributed by atoms with Crippen molar-refractivity contribution >= 4 is 21.9 Å². The monoisotopic (exact) mass is 788 g/mol. The Morgan fingerprint density at radius 2 is 0.823 bits per heavy atom. The molecule has 11 aromatic rings. The first kappa shape index (κ1) is 34.7. The molecular weight excluding hydrogens is 753 g/mol. The van der Waals surface area contributed by atoms with Gasteiger partial charge in [-0.3, -0.25) is 0 Å². The number of rotatable bonds is 5. The van der Waals surface area contributed by atoms with Gasteiger partial charge in [-0.1, -0.05) is 182 Å². The van der Waals surface area contributed by atoms with Crippen LogP contribution in [0.3, 0.4) is 0 Å². The number of benzene rings is 9. The molecular formula is C59H36N2O. The van der Waals surface area contributed by atoms with Gasteiger partial charge in [-0.2, -0.15) is 0 Å². The molecule has 2 aliphatic rings. The highest BCUT2D eigenvalue weighted by Gasteiger charge is 2.52. The molecule has 0 saturated heterocycles. The SMILES string of the molecule is c1ccc(-c2cc(-c3cc(-c4cccc5c4C4(c6ccccc6-c6ccccc64)c4ccccc4-5)nc(-c4ccccc4)n3)cc(-c3cccc4oc5ccccc5c34)c2)cc1. The standard InChI is InChI=1S/C59H36N2O/c1-3-17-37(18-4-1)39-33-40(42-25-16-32-55-56(42)48-24-10-14-31-54(48)62-55)35-41(34-39)52-36-53(61-58(60-52)38-19-5-2-6-20-38)47-27-15-26-46-45-23-9-13-30-51(45)59(57(46)47)49-28-11-7-21-43(49)44-22-8-12-29-50(44)59/h1-36H. The first-order valence-corrected chi connectivity index (χ1v) is 21.2. The zero-order valence-electron chi connectivity index (χ0n) is 33.6. The Hall–Kier alpha value is -8.14. The van der Waals surface area contributed by atoms with Gasteiger partial charge in [-0.05, 0) is 103 Å². The van der Waals surface area contributed by atoms with Crippen molar-refractivity contribution in [3.63, 3.8) is 0 Å². The van der Waals surface area contributed by atoms with E-state index in [9.17, 15) is 0 Å². The van der Waals surface area contributed by atoms with E-state index in [0.717, 1.165) is 72.3 Å². The maximum atomic E-state index is 6.40. The molecule has 3 heteroatoms. The van der Waals surface area contributed by atoms with Gasteiger partial charge in [0.05, 0.1) is 16.8 Å². The van der Waals surface area contributed by atoms with Crippen LogP contribution in [-0.4, -0.2) is 9.97 Å². The highest BCUT2D eigenvalue weighted by Crippen LogP contribution is 2.64. The van der Waals surface area contributed by atoms with Gasteiger partial charge >= 0.3 is 0 Å². The summed E-state index contributed by atoms with van der Waals surface area (Å²) in [4.78, 5) is 10.9. The first-order valence-electron chi connectivity index (χ1n) is 21.2. The Labute approximate surface area is 359 Å². The Morgan fingerprint density at radius 1 is 0.323 bits per heavy atom. The summed E-state index contributed by atoms with van der Waals surface area (Å²) < 4.78 is 6.40. The van der Waals surface area contributed by atoms with E-state index in [0.29, 0.717) is 5.82 Å². The lowest BCUT2D eigenvalue weighted by Gasteiger charge is -2.32. The second-order valence-corrected chi connectivity index (χ2v) is 16.4. The smallest absolute Gasteiger partial charge is 0.160 e. The van der Waals surface area contributed by atoms with Crippen molar-refractivity contribution in [1.82, 2.24) is 9.97 Å². The molecule has 62 heavy (non-hydrogen) atoms. The lowest BCUT2D eigenvalue weighted by atomic mass is 9.69. The van der Waals surface area contributed by atoms with Gasteiger partial charge in [0.25, 0.3) is 0 Å². The maximum Gasteiger partial charge on any atom is 0.160 e. The van der Waals surface area contributed by atoms with E-state index >= 15 is 0 Å². The summed E-state index contributed by atoms with van der Waals surface area (Å²) in [6.07, 6.45) is 0. The van der Waals surface area contributed by atoms with E-state index in [-0.39, 0.29) is 0 Å². The first-order chi connectivity index (χ1) is 30.7. The molecule has 0 atom stereocenters. The number of hydrogen-bond donors (Lipinski definition) is 0. The minimum Gasteiger partial charge on any atom is -0.456 e. The minimum atomic E-state index is -0.528. The van der Waals surface area contributed by atoms with E-state index in [2.05, 4.69) is 200 Å². The predicted octanol–water partition coefficient (Wildman–Crippen LogP) is 15.1. The zero-order valence-corrected chi connectivity index (χ0v) is 33.6. The van der Waals surface area contributed by atoms with E-state index in [1.807, 2.05) is 18.2 Å². The molecule has 0 fully saturated rings. The summed E-state index contributed by atoms with van der Waals surface area (Å²) in [6.45, 7) is 0. The zero-order chi connectivity index (χ0) is 40.8. The van der Waals surface area contributed by atoms with Crippen LogP contribution in [-0.2, 0) is 5.41 Å². The third-order valence-electron chi connectivity index (χ3n) is 13.1. The van der Waals surface area contributed by atoms with Gasteiger partial charge < -0.3 is 4.42 Å². The molecule has 0 amide bonds. The number of furan rings is 1. The van der Waals surface area contributed by atoms with E-state index in [1.165, 1.54) is 44.5 Å². The molecule has 288 valence electrons. The number of nitrogens with zero attached hydrogens (tertiary/aromatic N) is 2. The number of hydrogen-bond acceptors (Lipinski definition) is 3. The summed E-state index contributed by atoms with van der Waals surface area (Å²) in [5.74, 6) is 0.682. The molecule has 0 bridgehead atoms. The number of aromatic nitrogens is 2. The van der Waals surface area contributed by atoms with Crippen molar-refractivity contribution in [2.75, 3.05) is 0 Å². The molecule has 2 aromatic heterocycles. The lowest BCUT2D eigenvalue weighted by molar-refractivity contribution is 0.669. The summed E-state index contributed by atoms with van der Waals surface area (Å²) in [5.41, 5.74) is 20.7. The van der Waals surface area contributed by atoms with Crippen LogP contribution < -0.4 is 0 Å². The van der Waals surface area contributed by atoms with Crippen molar-refractivity contribution in [1.29, 1.82) is 0 Å². The fourth-order valence-electron chi connectivity index (χ4n) is 10.6. The second-order valence-electron chi connectivity index (χ2n) is 16.4. The molecule has 0 aliphatic heterocycles. The van der Waals surface area contributed by atoms with E-state index in [4.69, 9.17) is 14.4 Å². The number of para-hydroxylation sites is 1. The lowest BCUT2D eigenvalue weighted by Crippen LogP contribution is -2.26. The van der Waals surface area contributed by atoms with Crippen LogP contribution in [0.2, 0.25) is 0 Å². The molecule has 13 rings (SSSR count). The number of fused-ring (bicyclic) bond motifs is 13. The van der Waals surface area contributed by atoms with E-state index in [1.54, 1.807) is 0 Å². The molecule has 0 radical (unpaired) electrons. The van der Waals surface area contributed by atoms with Gasteiger partial charge in [0, 0.05) is 27.5 Å². The summed E-state index contributed by atoms with van der Waals surface area (Å²) in [6, 6.07) is 78.5. The third-order valence-corrected chi connectivity index (χ3v) is 13.1. The predicted molar refractivity (Wildman–Crippen MR) is 253 cm³/mol. The second kappa shape index (κ2) is 13.4. The van der Waals surface area contributed by atoms with Crippen LogP contribution in [0.5, 0.6) is 0 Å². The topological polar surface area (TPSA) is 38.9 Å². The molecule has 9 aromatic carbocycles. The molecule has 2 heterocycles.